The molecule has 0 aliphatic carbocycles. The Morgan fingerprint density at radius 1 is 1.15 bits per heavy atom. The lowest BCUT2D eigenvalue weighted by molar-refractivity contribution is 0.0252. The van der Waals surface area contributed by atoms with Gasteiger partial charge in [-0.1, -0.05) is 18.2 Å². The minimum absolute atomic E-state index is 0.200. The van der Waals surface area contributed by atoms with E-state index in [4.69, 9.17) is 14.1 Å². The number of morpholine rings is 1. The zero-order valence-electron chi connectivity index (χ0n) is 14.4. The highest BCUT2D eigenvalue weighted by molar-refractivity contribution is 5.76. The second kappa shape index (κ2) is 6.40. The second-order valence-corrected chi connectivity index (χ2v) is 6.34. The molecule has 1 atom stereocenters. The van der Waals surface area contributed by atoms with E-state index in [1.165, 1.54) is 0 Å². The number of fused-ring (bicyclic) bond motifs is 1. The highest BCUT2D eigenvalue weighted by atomic mass is 16.5. The van der Waals surface area contributed by atoms with Crippen LogP contribution in [0.1, 0.15) is 11.9 Å². The number of para-hydroxylation sites is 1. The van der Waals surface area contributed by atoms with Crippen molar-refractivity contribution < 1.29 is 9.15 Å². The third-order valence-electron chi connectivity index (χ3n) is 4.65. The molecule has 0 spiro atoms. The van der Waals surface area contributed by atoms with E-state index >= 15 is 0 Å². The quantitative estimate of drug-likeness (QED) is 0.601. The SMILES string of the molecule is O=c1[nH]c(N2CCOC(c3ccco3)C2)nc2c1cnn2-c1ccccc1. The molecule has 0 saturated carbocycles. The average molecular weight is 363 g/mol. The minimum Gasteiger partial charge on any atom is -0.467 e. The van der Waals surface area contributed by atoms with Crippen LogP contribution < -0.4 is 10.5 Å². The van der Waals surface area contributed by atoms with Gasteiger partial charge < -0.3 is 14.1 Å². The van der Waals surface area contributed by atoms with Crippen LogP contribution in [-0.2, 0) is 4.74 Å². The summed E-state index contributed by atoms with van der Waals surface area (Å²) in [5.74, 6) is 1.27. The topological polar surface area (TPSA) is 89.2 Å². The summed E-state index contributed by atoms with van der Waals surface area (Å²) < 4.78 is 12.9. The number of aromatic amines is 1. The van der Waals surface area contributed by atoms with E-state index in [1.807, 2.05) is 47.4 Å². The Balaban J connectivity index is 1.55. The van der Waals surface area contributed by atoms with Crippen molar-refractivity contribution in [2.45, 2.75) is 6.10 Å². The van der Waals surface area contributed by atoms with Gasteiger partial charge in [-0.15, -0.1) is 0 Å². The standard InChI is InChI=1S/C19H17N5O3/c25-18-14-11-20-24(13-5-2-1-3-6-13)17(14)21-19(22-18)23-8-10-27-16(12-23)15-7-4-9-26-15/h1-7,9,11,16H,8,10,12H2,(H,21,22,25). The van der Waals surface area contributed by atoms with Crippen LogP contribution in [0.15, 0.2) is 64.1 Å². The van der Waals surface area contributed by atoms with Crippen LogP contribution >= 0.6 is 0 Å². The number of furan rings is 1. The first-order chi connectivity index (χ1) is 13.3. The first-order valence-electron chi connectivity index (χ1n) is 8.73. The zero-order chi connectivity index (χ0) is 18.2. The lowest BCUT2D eigenvalue weighted by Gasteiger charge is -2.32. The van der Waals surface area contributed by atoms with Crippen LogP contribution in [-0.4, -0.2) is 39.4 Å². The highest BCUT2D eigenvalue weighted by Gasteiger charge is 2.26. The van der Waals surface area contributed by atoms with E-state index in [2.05, 4.69) is 10.1 Å². The van der Waals surface area contributed by atoms with Gasteiger partial charge in [-0.25, -0.2) is 4.68 Å². The number of aromatic nitrogens is 4. The Hall–Kier alpha value is -3.39. The third kappa shape index (κ3) is 2.80. The van der Waals surface area contributed by atoms with Gasteiger partial charge in [0.15, 0.2) is 5.65 Å². The highest BCUT2D eigenvalue weighted by Crippen LogP contribution is 2.25. The first-order valence-corrected chi connectivity index (χ1v) is 8.73. The normalized spacial score (nSPS) is 17.5. The lowest BCUT2D eigenvalue weighted by atomic mass is 10.2. The Labute approximate surface area is 154 Å². The van der Waals surface area contributed by atoms with Crippen molar-refractivity contribution in [2.75, 3.05) is 24.6 Å². The number of anilines is 1. The van der Waals surface area contributed by atoms with Gasteiger partial charge in [0.25, 0.3) is 5.56 Å². The molecular weight excluding hydrogens is 346 g/mol. The van der Waals surface area contributed by atoms with Crippen LogP contribution in [0.2, 0.25) is 0 Å². The molecule has 0 bridgehead atoms. The summed E-state index contributed by atoms with van der Waals surface area (Å²) >= 11 is 0. The zero-order valence-corrected chi connectivity index (χ0v) is 14.4. The van der Waals surface area contributed by atoms with Gasteiger partial charge in [0.2, 0.25) is 5.95 Å². The fraction of sp³-hybridized carbons (Fsp3) is 0.211. The Kier molecular flexibility index (Phi) is 3.75. The maximum absolute atomic E-state index is 12.6. The van der Waals surface area contributed by atoms with E-state index in [9.17, 15) is 4.79 Å². The van der Waals surface area contributed by atoms with E-state index in [-0.39, 0.29) is 11.7 Å². The van der Waals surface area contributed by atoms with Crippen molar-refractivity contribution in [1.82, 2.24) is 19.7 Å². The summed E-state index contributed by atoms with van der Waals surface area (Å²) in [4.78, 5) is 22.1. The van der Waals surface area contributed by atoms with Crippen molar-refractivity contribution in [3.63, 3.8) is 0 Å². The molecule has 1 saturated heterocycles. The van der Waals surface area contributed by atoms with Gasteiger partial charge in [-0.05, 0) is 24.3 Å². The van der Waals surface area contributed by atoms with E-state index in [1.54, 1.807) is 17.1 Å². The number of benzene rings is 1. The van der Waals surface area contributed by atoms with Gasteiger partial charge >= 0.3 is 0 Å². The van der Waals surface area contributed by atoms with Gasteiger partial charge in [-0.3, -0.25) is 9.78 Å². The van der Waals surface area contributed by atoms with E-state index in [0.717, 1.165) is 11.4 Å². The fourth-order valence-electron chi connectivity index (χ4n) is 3.30. The maximum atomic E-state index is 12.6. The third-order valence-corrected chi connectivity index (χ3v) is 4.65. The summed E-state index contributed by atoms with van der Waals surface area (Å²) in [6, 6.07) is 13.4. The number of hydrogen-bond acceptors (Lipinski definition) is 6. The summed E-state index contributed by atoms with van der Waals surface area (Å²) in [6.45, 7) is 1.69. The molecule has 8 nitrogen and oxygen atoms in total. The van der Waals surface area contributed by atoms with Gasteiger partial charge in [0.1, 0.15) is 17.3 Å². The number of nitrogens with one attached hydrogen (secondary N) is 1. The van der Waals surface area contributed by atoms with E-state index < -0.39 is 0 Å². The van der Waals surface area contributed by atoms with Crippen LogP contribution in [0, 0.1) is 0 Å². The van der Waals surface area contributed by atoms with Crippen LogP contribution in [0.3, 0.4) is 0 Å². The van der Waals surface area contributed by atoms with Gasteiger partial charge in [0.05, 0.1) is 31.3 Å². The summed E-state index contributed by atoms with van der Waals surface area (Å²) in [5.41, 5.74) is 1.17. The molecule has 8 heteroatoms. The molecule has 1 aliphatic rings. The first kappa shape index (κ1) is 15.8. The molecule has 1 fully saturated rings. The molecule has 0 radical (unpaired) electrons. The number of hydrogen-bond donors (Lipinski definition) is 1. The molecule has 3 aromatic heterocycles. The molecular formula is C19H17N5O3. The molecule has 1 aliphatic heterocycles. The van der Waals surface area contributed by atoms with Crippen molar-refractivity contribution in [1.29, 1.82) is 0 Å². The van der Waals surface area contributed by atoms with Gasteiger partial charge in [0, 0.05) is 6.54 Å². The minimum atomic E-state index is -0.210. The van der Waals surface area contributed by atoms with E-state index in [0.29, 0.717) is 36.7 Å². The maximum Gasteiger partial charge on any atom is 0.263 e. The molecule has 136 valence electrons. The summed E-state index contributed by atoms with van der Waals surface area (Å²) in [5, 5.41) is 4.80. The van der Waals surface area contributed by atoms with Crippen LogP contribution in [0.4, 0.5) is 5.95 Å². The Morgan fingerprint density at radius 3 is 2.85 bits per heavy atom. The summed E-state index contributed by atoms with van der Waals surface area (Å²) in [6.07, 6.45) is 2.97. The number of rotatable bonds is 3. The number of H-pyrrole nitrogens is 1. The Morgan fingerprint density at radius 2 is 2.04 bits per heavy atom. The van der Waals surface area contributed by atoms with Crippen molar-refractivity contribution in [2.24, 2.45) is 0 Å². The van der Waals surface area contributed by atoms with Crippen LogP contribution in [0.25, 0.3) is 16.7 Å². The molecule has 27 heavy (non-hydrogen) atoms. The average Bonchev–Trinajstić information content (AvgIpc) is 3.39. The number of ether oxygens (including phenoxy) is 1. The predicted octanol–water partition coefficient (Wildman–Crippen LogP) is 2.28. The van der Waals surface area contributed by atoms with Crippen molar-refractivity contribution >= 4 is 17.0 Å². The largest absolute Gasteiger partial charge is 0.467 e. The van der Waals surface area contributed by atoms with Gasteiger partial charge in [-0.2, -0.15) is 10.1 Å². The molecule has 1 aromatic carbocycles. The second-order valence-electron chi connectivity index (χ2n) is 6.34. The molecule has 0 amide bonds. The molecule has 4 aromatic rings. The van der Waals surface area contributed by atoms with Crippen LogP contribution in [0.5, 0.6) is 0 Å². The fourth-order valence-corrected chi connectivity index (χ4v) is 3.30. The molecule has 4 heterocycles. The molecule has 1 unspecified atom stereocenters. The number of nitrogens with zero attached hydrogens (tertiary/aromatic N) is 4. The van der Waals surface area contributed by atoms with Crippen molar-refractivity contribution in [3.8, 4) is 5.69 Å². The lowest BCUT2D eigenvalue weighted by Crippen LogP contribution is -2.40. The molecule has 5 rings (SSSR count). The predicted molar refractivity (Wildman–Crippen MR) is 99.1 cm³/mol. The molecule has 1 N–H and O–H groups in total. The smallest absolute Gasteiger partial charge is 0.263 e. The Bertz CT molecular complexity index is 1120. The monoisotopic (exact) mass is 363 g/mol. The van der Waals surface area contributed by atoms with Crippen molar-refractivity contribution in [3.05, 3.63) is 71.0 Å². The summed E-state index contributed by atoms with van der Waals surface area (Å²) in [7, 11) is 0.